The van der Waals surface area contributed by atoms with E-state index in [-0.39, 0.29) is 5.56 Å². The van der Waals surface area contributed by atoms with Crippen molar-refractivity contribution in [2.24, 2.45) is 0 Å². The number of rotatable bonds is 2. The Morgan fingerprint density at radius 1 is 1.25 bits per heavy atom. The van der Waals surface area contributed by atoms with Gasteiger partial charge >= 0.3 is 5.97 Å². The van der Waals surface area contributed by atoms with Crippen LogP contribution in [0.25, 0.3) is 21.6 Å². The van der Waals surface area contributed by atoms with E-state index in [0.29, 0.717) is 21.6 Å². The quantitative estimate of drug-likeness (QED) is 0.667. The molecule has 2 aromatic heterocycles. The van der Waals surface area contributed by atoms with Gasteiger partial charge in [-0.15, -0.1) is 11.3 Å². The SMILES string of the molecule is O=C(O)c1cc(-c2nccs2)nc2c(Br)cc(Br)cc12. The number of aromatic nitrogens is 2. The Morgan fingerprint density at radius 2 is 2.05 bits per heavy atom. The van der Waals surface area contributed by atoms with E-state index >= 15 is 0 Å². The lowest BCUT2D eigenvalue weighted by Gasteiger charge is -2.07. The summed E-state index contributed by atoms with van der Waals surface area (Å²) in [4.78, 5) is 20.2. The zero-order valence-electron chi connectivity index (χ0n) is 9.80. The highest BCUT2D eigenvalue weighted by Gasteiger charge is 2.16. The van der Waals surface area contributed by atoms with Gasteiger partial charge in [0.1, 0.15) is 10.7 Å². The molecule has 7 heteroatoms. The fraction of sp³-hybridized carbons (Fsp3) is 0. The molecule has 1 N–H and O–H groups in total. The summed E-state index contributed by atoms with van der Waals surface area (Å²) in [5.41, 5.74) is 1.38. The number of pyridine rings is 1. The van der Waals surface area contributed by atoms with E-state index in [1.807, 2.05) is 11.4 Å². The molecule has 1 aromatic carbocycles. The van der Waals surface area contributed by atoms with Crippen molar-refractivity contribution in [3.63, 3.8) is 0 Å². The van der Waals surface area contributed by atoms with Crippen molar-refractivity contribution in [2.75, 3.05) is 0 Å². The Balaban J connectivity index is 2.40. The molecule has 100 valence electrons. The maximum absolute atomic E-state index is 11.5. The Morgan fingerprint density at radius 3 is 2.70 bits per heavy atom. The van der Waals surface area contributed by atoms with Crippen LogP contribution in [0.5, 0.6) is 0 Å². The lowest BCUT2D eigenvalue weighted by molar-refractivity contribution is 0.0699. The Labute approximate surface area is 134 Å². The summed E-state index contributed by atoms with van der Waals surface area (Å²) in [5, 5.41) is 12.5. The van der Waals surface area contributed by atoms with Gasteiger partial charge in [0.15, 0.2) is 0 Å². The minimum atomic E-state index is -0.986. The van der Waals surface area contributed by atoms with E-state index in [9.17, 15) is 9.90 Å². The van der Waals surface area contributed by atoms with Gasteiger partial charge in [-0.3, -0.25) is 0 Å². The fourth-order valence-electron chi connectivity index (χ4n) is 1.89. The number of halogens is 2. The van der Waals surface area contributed by atoms with Crippen molar-refractivity contribution in [3.05, 3.63) is 44.3 Å². The first-order valence-corrected chi connectivity index (χ1v) is 7.96. The number of aromatic carboxylic acids is 1. The number of benzene rings is 1. The molecule has 0 fully saturated rings. The largest absolute Gasteiger partial charge is 0.478 e. The van der Waals surface area contributed by atoms with Crippen LogP contribution in [0.15, 0.2) is 38.7 Å². The van der Waals surface area contributed by atoms with Crippen molar-refractivity contribution in [1.82, 2.24) is 9.97 Å². The number of carbonyl (C=O) groups is 1. The van der Waals surface area contributed by atoms with Gasteiger partial charge in [-0.2, -0.15) is 0 Å². The molecular formula is C13H6Br2N2O2S. The van der Waals surface area contributed by atoms with Gasteiger partial charge in [-0.05, 0) is 34.1 Å². The molecule has 0 saturated carbocycles. The molecule has 0 amide bonds. The minimum absolute atomic E-state index is 0.210. The summed E-state index contributed by atoms with van der Waals surface area (Å²) < 4.78 is 1.53. The normalized spacial score (nSPS) is 10.9. The molecule has 4 nitrogen and oxygen atoms in total. The third-order valence-electron chi connectivity index (χ3n) is 2.71. The van der Waals surface area contributed by atoms with Crippen LogP contribution in [0, 0.1) is 0 Å². The van der Waals surface area contributed by atoms with Gasteiger partial charge < -0.3 is 5.11 Å². The monoisotopic (exact) mass is 412 g/mol. The first-order valence-electron chi connectivity index (χ1n) is 5.49. The van der Waals surface area contributed by atoms with Crippen LogP contribution < -0.4 is 0 Å². The third-order valence-corrected chi connectivity index (χ3v) is 4.57. The molecule has 0 unspecified atom stereocenters. The fourth-order valence-corrected chi connectivity index (χ4v) is 3.80. The van der Waals surface area contributed by atoms with Gasteiger partial charge in [0.05, 0.1) is 11.1 Å². The highest BCUT2D eigenvalue weighted by atomic mass is 79.9. The second-order valence-electron chi connectivity index (χ2n) is 3.98. The first kappa shape index (κ1) is 13.7. The van der Waals surface area contributed by atoms with Crippen molar-refractivity contribution < 1.29 is 9.90 Å². The molecule has 3 aromatic rings. The third kappa shape index (κ3) is 2.36. The summed E-state index contributed by atoms with van der Waals surface area (Å²) >= 11 is 8.21. The molecule has 0 aliphatic carbocycles. The predicted octanol–water partition coefficient (Wildman–Crippen LogP) is 4.58. The molecule has 20 heavy (non-hydrogen) atoms. The van der Waals surface area contributed by atoms with Gasteiger partial charge in [0.2, 0.25) is 0 Å². The number of fused-ring (bicyclic) bond motifs is 1. The lowest BCUT2D eigenvalue weighted by Crippen LogP contribution is -2.00. The first-order chi connectivity index (χ1) is 9.56. The van der Waals surface area contributed by atoms with E-state index in [2.05, 4.69) is 41.8 Å². The molecule has 0 aliphatic heterocycles. The van der Waals surface area contributed by atoms with Gasteiger partial charge in [-0.1, -0.05) is 15.9 Å². The van der Waals surface area contributed by atoms with E-state index in [4.69, 9.17) is 0 Å². The van der Waals surface area contributed by atoms with Gasteiger partial charge in [-0.25, -0.2) is 14.8 Å². The van der Waals surface area contributed by atoms with Crippen LogP contribution in [0.2, 0.25) is 0 Å². The standard InChI is InChI=1S/C13H6Br2N2O2S/c14-6-3-7-8(13(18)19)5-10(12-16-1-2-20-12)17-11(7)9(15)4-6/h1-5H,(H,18,19). The molecule has 0 spiro atoms. The molecule has 0 bridgehead atoms. The van der Waals surface area contributed by atoms with E-state index < -0.39 is 5.97 Å². The number of carboxylic acid groups (broad SMARTS) is 1. The smallest absolute Gasteiger partial charge is 0.336 e. The number of hydrogen-bond acceptors (Lipinski definition) is 4. The van der Waals surface area contributed by atoms with Crippen LogP contribution in [0.1, 0.15) is 10.4 Å². The average molecular weight is 414 g/mol. The predicted molar refractivity (Wildman–Crippen MR) is 85.2 cm³/mol. The minimum Gasteiger partial charge on any atom is -0.478 e. The van der Waals surface area contributed by atoms with Crippen LogP contribution >= 0.6 is 43.2 Å². The molecule has 2 heterocycles. The van der Waals surface area contributed by atoms with Crippen molar-refractivity contribution in [1.29, 1.82) is 0 Å². The number of nitrogens with zero attached hydrogens (tertiary/aromatic N) is 2. The van der Waals surface area contributed by atoms with Crippen LogP contribution in [-0.2, 0) is 0 Å². The summed E-state index contributed by atoms with van der Waals surface area (Å²) in [5.74, 6) is -0.986. The zero-order valence-corrected chi connectivity index (χ0v) is 13.8. The van der Waals surface area contributed by atoms with E-state index in [1.165, 1.54) is 11.3 Å². The second-order valence-corrected chi connectivity index (χ2v) is 6.65. The number of carboxylic acids is 1. The average Bonchev–Trinajstić information content (AvgIpc) is 2.91. The van der Waals surface area contributed by atoms with Crippen molar-refractivity contribution >= 4 is 60.1 Å². The molecule has 0 radical (unpaired) electrons. The van der Waals surface area contributed by atoms with Gasteiger partial charge in [0, 0.05) is 25.9 Å². The van der Waals surface area contributed by atoms with Crippen LogP contribution in [0.3, 0.4) is 0 Å². The summed E-state index contributed by atoms with van der Waals surface area (Å²) in [6.07, 6.45) is 1.67. The van der Waals surface area contributed by atoms with E-state index in [1.54, 1.807) is 18.3 Å². The molecule has 3 rings (SSSR count). The van der Waals surface area contributed by atoms with Crippen molar-refractivity contribution in [3.8, 4) is 10.7 Å². The zero-order chi connectivity index (χ0) is 14.3. The molecular weight excluding hydrogens is 408 g/mol. The molecule has 0 saturated heterocycles. The Hall–Kier alpha value is -1.31. The summed E-state index contributed by atoms with van der Waals surface area (Å²) in [6.45, 7) is 0. The Kier molecular flexibility index (Phi) is 3.57. The summed E-state index contributed by atoms with van der Waals surface area (Å²) in [6, 6.07) is 5.15. The highest BCUT2D eigenvalue weighted by Crippen LogP contribution is 2.32. The summed E-state index contributed by atoms with van der Waals surface area (Å²) in [7, 11) is 0. The second kappa shape index (κ2) is 5.23. The maximum atomic E-state index is 11.5. The maximum Gasteiger partial charge on any atom is 0.336 e. The number of hydrogen-bond donors (Lipinski definition) is 1. The molecule has 0 atom stereocenters. The van der Waals surface area contributed by atoms with Crippen LogP contribution in [0.4, 0.5) is 0 Å². The van der Waals surface area contributed by atoms with Crippen LogP contribution in [-0.4, -0.2) is 21.0 Å². The topological polar surface area (TPSA) is 63.1 Å². The molecule has 0 aliphatic rings. The van der Waals surface area contributed by atoms with Gasteiger partial charge in [0.25, 0.3) is 0 Å². The van der Waals surface area contributed by atoms with Crippen molar-refractivity contribution in [2.45, 2.75) is 0 Å². The highest BCUT2D eigenvalue weighted by molar-refractivity contribution is 9.11. The Bertz CT molecular complexity index is 819. The lowest BCUT2D eigenvalue weighted by atomic mass is 10.1. The number of thiazole rings is 1. The van der Waals surface area contributed by atoms with E-state index in [0.717, 1.165) is 8.95 Å².